The smallest absolute Gasteiger partial charge is 0.230 e. The first-order valence-electron chi connectivity index (χ1n) is 9.83. The molecular formula is C21H26N4O4S. The molecule has 3 aromatic rings. The molecule has 160 valence electrons. The zero-order chi connectivity index (χ0) is 21.3. The van der Waals surface area contributed by atoms with Crippen LogP contribution < -0.4 is 14.8 Å². The number of benzene rings is 1. The summed E-state index contributed by atoms with van der Waals surface area (Å²) in [6.07, 6.45) is 2.29. The van der Waals surface area contributed by atoms with Gasteiger partial charge in [-0.05, 0) is 50.1 Å². The zero-order valence-corrected chi connectivity index (χ0v) is 18.2. The molecule has 0 aliphatic carbocycles. The Morgan fingerprint density at radius 1 is 1.17 bits per heavy atom. The maximum absolute atomic E-state index is 12.2. The molecule has 8 nitrogen and oxygen atoms in total. The van der Waals surface area contributed by atoms with E-state index >= 15 is 0 Å². The third-order valence-corrected chi connectivity index (χ3v) is 5.27. The molecule has 0 unspecified atom stereocenters. The summed E-state index contributed by atoms with van der Waals surface area (Å²) >= 11 is 1.34. The van der Waals surface area contributed by atoms with Gasteiger partial charge < -0.3 is 23.8 Å². The second-order valence-corrected chi connectivity index (χ2v) is 7.32. The largest absolute Gasteiger partial charge is 0.490 e. The van der Waals surface area contributed by atoms with Crippen molar-refractivity contribution in [2.45, 2.75) is 25.4 Å². The number of thioether (sulfide) groups is 1. The molecule has 1 aromatic carbocycles. The number of nitrogens with one attached hydrogen (secondary N) is 1. The molecule has 2 aromatic heterocycles. The Bertz CT molecular complexity index is 956. The highest BCUT2D eigenvalue weighted by atomic mass is 32.2. The van der Waals surface area contributed by atoms with Crippen LogP contribution >= 0.6 is 11.8 Å². The third-order valence-electron chi connectivity index (χ3n) is 4.25. The highest BCUT2D eigenvalue weighted by Crippen LogP contribution is 2.28. The van der Waals surface area contributed by atoms with Gasteiger partial charge in [-0.15, -0.1) is 10.2 Å². The van der Waals surface area contributed by atoms with Crippen LogP contribution in [0.3, 0.4) is 0 Å². The molecule has 1 amide bonds. The van der Waals surface area contributed by atoms with E-state index in [1.54, 1.807) is 12.3 Å². The Hall–Kier alpha value is -2.94. The fourth-order valence-electron chi connectivity index (χ4n) is 2.84. The number of carbonyl (C=O) groups is 1. The van der Waals surface area contributed by atoms with Crippen LogP contribution in [0.25, 0.3) is 11.6 Å². The molecule has 3 rings (SSSR count). The van der Waals surface area contributed by atoms with Gasteiger partial charge in [-0.3, -0.25) is 4.79 Å². The van der Waals surface area contributed by atoms with E-state index in [1.165, 1.54) is 11.8 Å². The lowest BCUT2D eigenvalue weighted by Crippen LogP contribution is -2.27. The Balaban J connectivity index is 1.47. The molecule has 2 heterocycles. The Morgan fingerprint density at radius 3 is 2.70 bits per heavy atom. The van der Waals surface area contributed by atoms with Gasteiger partial charge in [0.1, 0.15) is 0 Å². The summed E-state index contributed by atoms with van der Waals surface area (Å²) in [6, 6.07) is 9.48. The van der Waals surface area contributed by atoms with Gasteiger partial charge in [-0.25, -0.2) is 0 Å². The molecule has 0 spiro atoms. The van der Waals surface area contributed by atoms with E-state index in [-0.39, 0.29) is 11.7 Å². The fourth-order valence-corrected chi connectivity index (χ4v) is 3.58. The average molecular weight is 431 g/mol. The SMILES string of the molecule is CCOc1ccc(CCNC(=O)CSc2nnc(-c3ccco3)n2C)cc1OCC. The Labute approximate surface area is 180 Å². The van der Waals surface area contributed by atoms with E-state index in [9.17, 15) is 4.79 Å². The zero-order valence-electron chi connectivity index (χ0n) is 17.4. The minimum absolute atomic E-state index is 0.0569. The van der Waals surface area contributed by atoms with Crippen LogP contribution in [0.5, 0.6) is 11.5 Å². The van der Waals surface area contributed by atoms with E-state index in [0.717, 1.165) is 17.1 Å². The number of hydrogen-bond donors (Lipinski definition) is 1. The van der Waals surface area contributed by atoms with Crippen LogP contribution in [0.2, 0.25) is 0 Å². The van der Waals surface area contributed by atoms with Gasteiger partial charge in [0.15, 0.2) is 28.2 Å². The van der Waals surface area contributed by atoms with Gasteiger partial charge in [-0.1, -0.05) is 17.8 Å². The molecule has 0 saturated heterocycles. The summed E-state index contributed by atoms with van der Waals surface area (Å²) in [5.74, 6) is 2.94. The van der Waals surface area contributed by atoms with Crippen molar-refractivity contribution in [3.8, 4) is 23.1 Å². The van der Waals surface area contributed by atoms with Crippen molar-refractivity contribution in [1.29, 1.82) is 0 Å². The highest BCUT2D eigenvalue weighted by Gasteiger charge is 2.14. The molecule has 0 atom stereocenters. The molecule has 30 heavy (non-hydrogen) atoms. The summed E-state index contributed by atoms with van der Waals surface area (Å²) in [4.78, 5) is 12.2. The van der Waals surface area contributed by atoms with Gasteiger partial charge in [0.25, 0.3) is 0 Å². The van der Waals surface area contributed by atoms with E-state index < -0.39 is 0 Å². The van der Waals surface area contributed by atoms with Crippen molar-refractivity contribution >= 4 is 17.7 Å². The van der Waals surface area contributed by atoms with Crippen LogP contribution in [-0.4, -0.2) is 46.2 Å². The second-order valence-electron chi connectivity index (χ2n) is 6.38. The number of aromatic nitrogens is 3. The third kappa shape index (κ3) is 5.56. The fraction of sp³-hybridized carbons (Fsp3) is 0.381. The van der Waals surface area contributed by atoms with E-state index in [2.05, 4.69) is 15.5 Å². The summed E-state index contributed by atoms with van der Waals surface area (Å²) in [7, 11) is 1.85. The predicted molar refractivity (Wildman–Crippen MR) is 115 cm³/mol. The lowest BCUT2D eigenvalue weighted by Gasteiger charge is -2.12. The number of furan rings is 1. The first kappa shape index (κ1) is 21.8. The molecule has 0 bridgehead atoms. The van der Waals surface area contributed by atoms with E-state index in [0.29, 0.717) is 42.9 Å². The number of ether oxygens (including phenoxy) is 2. The molecular weight excluding hydrogens is 404 g/mol. The number of amides is 1. The van der Waals surface area contributed by atoms with Crippen LogP contribution in [-0.2, 0) is 18.3 Å². The number of rotatable bonds is 11. The second kappa shape index (κ2) is 10.7. The average Bonchev–Trinajstić information content (AvgIpc) is 3.38. The van der Waals surface area contributed by atoms with Crippen LogP contribution in [0.4, 0.5) is 0 Å². The first-order valence-corrected chi connectivity index (χ1v) is 10.8. The van der Waals surface area contributed by atoms with E-state index in [4.69, 9.17) is 13.9 Å². The molecule has 1 N–H and O–H groups in total. The van der Waals surface area contributed by atoms with Crippen molar-refractivity contribution in [2.24, 2.45) is 7.05 Å². The summed E-state index contributed by atoms with van der Waals surface area (Å²) < 4.78 is 18.4. The first-order chi connectivity index (χ1) is 14.6. The van der Waals surface area contributed by atoms with Crippen LogP contribution in [0.15, 0.2) is 46.2 Å². The molecule has 9 heteroatoms. The number of carbonyl (C=O) groups excluding carboxylic acids is 1. The van der Waals surface area contributed by atoms with Gasteiger partial charge in [0.2, 0.25) is 5.91 Å². The molecule has 0 fully saturated rings. The van der Waals surface area contributed by atoms with Gasteiger partial charge >= 0.3 is 0 Å². The van der Waals surface area contributed by atoms with Crippen molar-refractivity contribution < 1.29 is 18.7 Å². The lowest BCUT2D eigenvalue weighted by atomic mass is 10.1. The minimum Gasteiger partial charge on any atom is -0.490 e. The summed E-state index contributed by atoms with van der Waals surface area (Å²) in [5.41, 5.74) is 1.08. The Morgan fingerprint density at radius 2 is 1.97 bits per heavy atom. The summed E-state index contributed by atoms with van der Waals surface area (Å²) in [6.45, 7) is 5.57. The predicted octanol–water partition coefficient (Wildman–Crippen LogP) is 3.32. The maximum atomic E-state index is 12.2. The molecule has 0 aliphatic heterocycles. The molecule has 0 aliphatic rings. The topological polar surface area (TPSA) is 91.4 Å². The molecule has 0 saturated carbocycles. The number of nitrogens with zero attached hydrogens (tertiary/aromatic N) is 3. The van der Waals surface area contributed by atoms with Crippen molar-refractivity contribution in [3.05, 3.63) is 42.2 Å². The van der Waals surface area contributed by atoms with Crippen LogP contribution in [0, 0.1) is 0 Å². The standard InChI is InChI=1S/C21H26N4O4S/c1-4-27-16-9-8-15(13-18(16)28-5-2)10-11-22-19(26)14-30-21-24-23-20(25(21)3)17-7-6-12-29-17/h6-9,12-13H,4-5,10-11,14H2,1-3H3,(H,22,26). The summed E-state index contributed by atoms with van der Waals surface area (Å²) in [5, 5.41) is 11.9. The maximum Gasteiger partial charge on any atom is 0.230 e. The minimum atomic E-state index is -0.0569. The quantitative estimate of drug-likeness (QED) is 0.467. The van der Waals surface area contributed by atoms with Gasteiger partial charge in [-0.2, -0.15) is 0 Å². The highest BCUT2D eigenvalue weighted by molar-refractivity contribution is 7.99. The van der Waals surface area contributed by atoms with Gasteiger partial charge in [0, 0.05) is 13.6 Å². The van der Waals surface area contributed by atoms with Crippen LogP contribution in [0.1, 0.15) is 19.4 Å². The monoisotopic (exact) mass is 430 g/mol. The lowest BCUT2D eigenvalue weighted by molar-refractivity contribution is -0.118. The Kier molecular flexibility index (Phi) is 7.78. The van der Waals surface area contributed by atoms with Gasteiger partial charge in [0.05, 0.1) is 25.2 Å². The van der Waals surface area contributed by atoms with Crippen molar-refractivity contribution in [3.63, 3.8) is 0 Å². The molecule has 0 radical (unpaired) electrons. The van der Waals surface area contributed by atoms with E-state index in [1.807, 2.05) is 49.7 Å². The normalized spacial score (nSPS) is 10.8. The van der Waals surface area contributed by atoms with Crippen molar-refractivity contribution in [2.75, 3.05) is 25.5 Å². The van der Waals surface area contributed by atoms with Crippen molar-refractivity contribution in [1.82, 2.24) is 20.1 Å². The number of hydrogen-bond acceptors (Lipinski definition) is 7.